The number of amides is 1. The fraction of sp³-hybridized carbons (Fsp3) is 0.800. The van der Waals surface area contributed by atoms with E-state index in [9.17, 15) is 9.59 Å². The minimum atomic E-state index is -0.934. The van der Waals surface area contributed by atoms with Gasteiger partial charge in [-0.1, -0.05) is 0 Å². The molecule has 0 aromatic carbocycles. The molecule has 0 saturated heterocycles. The van der Waals surface area contributed by atoms with E-state index in [0.29, 0.717) is 19.6 Å². The van der Waals surface area contributed by atoms with Crippen molar-refractivity contribution in [1.82, 2.24) is 10.4 Å². The van der Waals surface area contributed by atoms with E-state index >= 15 is 0 Å². The van der Waals surface area contributed by atoms with Crippen molar-refractivity contribution in [3.8, 4) is 0 Å². The van der Waals surface area contributed by atoms with Gasteiger partial charge in [0.1, 0.15) is 5.72 Å². The molecule has 0 aromatic rings. The Bertz CT molecular complexity index is 235. The van der Waals surface area contributed by atoms with E-state index in [0.717, 1.165) is 0 Å². The molecule has 6 nitrogen and oxygen atoms in total. The lowest BCUT2D eigenvalue weighted by Gasteiger charge is -2.32. The van der Waals surface area contributed by atoms with Crippen LogP contribution >= 0.6 is 0 Å². The Kier molecular flexibility index (Phi) is 6.67. The fourth-order valence-corrected chi connectivity index (χ4v) is 1.33. The number of hydrogen-bond donors (Lipinski definition) is 1. The maximum atomic E-state index is 11.4. The van der Waals surface area contributed by atoms with Crippen molar-refractivity contribution >= 4 is 12.4 Å². The van der Waals surface area contributed by atoms with Crippen LogP contribution in [0.5, 0.6) is 0 Å². The first-order chi connectivity index (χ1) is 7.47. The summed E-state index contributed by atoms with van der Waals surface area (Å²) >= 11 is 0. The third kappa shape index (κ3) is 5.67. The van der Waals surface area contributed by atoms with Gasteiger partial charge in [-0.05, 0) is 20.8 Å². The van der Waals surface area contributed by atoms with Gasteiger partial charge in [-0.3, -0.25) is 14.6 Å². The van der Waals surface area contributed by atoms with Crippen molar-refractivity contribution in [3.63, 3.8) is 0 Å². The minimum absolute atomic E-state index is 0.0346. The van der Waals surface area contributed by atoms with Crippen LogP contribution in [0, 0.1) is 0 Å². The largest absolute Gasteiger partial charge is 0.466 e. The van der Waals surface area contributed by atoms with E-state index in [2.05, 4.69) is 5.43 Å². The normalized spacial score (nSPS) is 14.0. The number of rotatable bonds is 8. The third-order valence-corrected chi connectivity index (χ3v) is 1.82. The highest BCUT2D eigenvalue weighted by molar-refractivity contribution is 5.70. The van der Waals surface area contributed by atoms with Gasteiger partial charge >= 0.3 is 5.97 Å². The molecule has 0 aliphatic heterocycles. The van der Waals surface area contributed by atoms with E-state index < -0.39 is 5.72 Å². The molecule has 1 N–H and O–H groups in total. The van der Waals surface area contributed by atoms with Gasteiger partial charge in [-0.2, -0.15) is 0 Å². The molecule has 94 valence electrons. The summed E-state index contributed by atoms with van der Waals surface area (Å²) in [5.74, 6) is -0.370. The summed E-state index contributed by atoms with van der Waals surface area (Å²) in [6.07, 6.45) is 0.634. The summed E-state index contributed by atoms with van der Waals surface area (Å²) in [5.41, 5.74) is 1.84. The highest BCUT2D eigenvalue weighted by Gasteiger charge is 2.29. The number of carbonyl (C=O) groups excluding carboxylic acids is 2. The SMILES string of the molecule is CCOC(=O)CC(C)(NN(C)C=O)OCC. The van der Waals surface area contributed by atoms with Crippen LogP contribution in [-0.2, 0) is 19.1 Å². The molecule has 0 rings (SSSR count). The van der Waals surface area contributed by atoms with E-state index in [4.69, 9.17) is 9.47 Å². The lowest BCUT2D eigenvalue weighted by Crippen LogP contribution is -2.53. The van der Waals surface area contributed by atoms with Crippen molar-refractivity contribution in [2.45, 2.75) is 32.9 Å². The van der Waals surface area contributed by atoms with Crippen LogP contribution in [0.15, 0.2) is 0 Å². The molecule has 0 saturated carbocycles. The monoisotopic (exact) mass is 232 g/mol. The molecular weight excluding hydrogens is 212 g/mol. The Balaban J connectivity index is 4.42. The minimum Gasteiger partial charge on any atom is -0.466 e. The molecule has 0 aliphatic carbocycles. The maximum Gasteiger partial charge on any atom is 0.310 e. The van der Waals surface area contributed by atoms with Gasteiger partial charge in [0.05, 0.1) is 13.0 Å². The molecule has 16 heavy (non-hydrogen) atoms. The van der Waals surface area contributed by atoms with Gasteiger partial charge in [-0.25, -0.2) is 5.43 Å². The Hall–Kier alpha value is -1.14. The van der Waals surface area contributed by atoms with Crippen LogP contribution < -0.4 is 5.43 Å². The molecule has 0 radical (unpaired) electrons. The predicted molar refractivity (Wildman–Crippen MR) is 58.2 cm³/mol. The van der Waals surface area contributed by atoms with Gasteiger partial charge in [0.15, 0.2) is 0 Å². The molecule has 6 heteroatoms. The second-order valence-electron chi connectivity index (χ2n) is 3.47. The summed E-state index contributed by atoms with van der Waals surface area (Å²) in [6.45, 7) is 5.99. The zero-order valence-corrected chi connectivity index (χ0v) is 10.3. The van der Waals surface area contributed by atoms with Crippen molar-refractivity contribution < 1.29 is 19.1 Å². The van der Waals surface area contributed by atoms with Crippen LogP contribution in [-0.4, -0.2) is 43.4 Å². The number of ether oxygens (including phenoxy) is 2. The Morgan fingerprint density at radius 3 is 2.50 bits per heavy atom. The Morgan fingerprint density at radius 1 is 1.44 bits per heavy atom. The number of hydrazine groups is 1. The Morgan fingerprint density at radius 2 is 2.06 bits per heavy atom. The van der Waals surface area contributed by atoms with E-state index in [1.165, 1.54) is 12.1 Å². The molecule has 0 aliphatic rings. The van der Waals surface area contributed by atoms with E-state index in [1.54, 1.807) is 13.8 Å². The smallest absolute Gasteiger partial charge is 0.310 e. The van der Waals surface area contributed by atoms with Crippen LogP contribution in [0.2, 0.25) is 0 Å². The summed E-state index contributed by atoms with van der Waals surface area (Å²) in [7, 11) is 1.54. The van der Waals surface area contributed by atoms with Gasteiger partial charge in [0.25, 0.3) is 0 Å². The quantitative estimate of drug-likeness (QED) is 0.282. The molecule has 0 bridgehead atoms. The average Bonchev–Trinajstić information content (AvgIpc) is 2.17. The van der Waals surface area contributed by atoms with Crippen LogP contribution in [0.1, 0.15) is 27.2 Å². The van der Waals surface area contributed by atoms with E-state index in [1.807, 2.05) is 6.92 Å². The lowest BCUT2D eigenvalue weighted by molar-refractivity contribution is -0.159. The lowest BCUT2D eigenvalue weighted by atomic mass is 10.2. The number of nitrogens with one attached hydrogen (secondary N) is 1. The highest BCUT2D eigenvalue weighted by Crippen LogP contribution is 2.13. The summed E-state index contributed by atoms with van der Waals surface area (Å²) in [6, 6.07) is 0. The molecule has 1 amide bonds. The first-order valence-electron chi connectivity index (χ1n) is 5.23. The number of carbonyl (C=O) groups is 2. The first-order valence-corrected chi connectivity index (χ1v) is 5.23. The molecule has 1 unspecified atom stereocenters. The van der Waals surface area contributed by atoms with Gasteiger partial charge in [0.2, 0.25) is 6.41 Å². The van der Waals surface area contributed by atoms with Crippen molar-refractivity contribution in [3.05, 3.63) is 0 Å². The number of esters is 1. The van der Waals surface area contributed by atoms with Crippen molar-refractivity contribution in [2.75, 3.05) is 20.3 Å². The molecule has 0 aromatic heterocycles. The zero-order chi connectivity index (χ0) is 12.6. The highest BCUT2D eigenvalue weighted by atomic mass is 16.5. The molecular formula is C10H20N2O4. The average molecular weight is 232 g/mol. The topological polar surface area (TPSA) is 67.9 Å². The van der Waals surface area contributed by atoms with Crippen molar-refractivity contribution in [2.24, 2.45) is 0 Å². The van der Waals surface area contributed by atoms with Crippen LogP contribution in [0.4, 0.5) is 0 Å². The standard InChI is InChI=1S/C10H20N2O4/c1-5-15-9(14)7-10(3,16-6-2)11-12(4)8-13/h8,11H,5-7H2,1-4H3. The van der Waals surface area contributed by atoms with Crippen LogP contribution in [0.25, 0.3) is 0 Å². The first kappa shape index (κ1) is 14.9. The van der Waals surface area contributed by atoms with E-state index in [-0.39, 0.29) is 12.4 Å². The fourth-order valence-electron chi connectivity index (χ4n) is 1.33. The maximum absolute atomic E-state index is 11.4. The number of hydrogen-bond acceptors (Lipinski definition) is 5. The third-order valence-electron chi connectivity index (χ3n) is 1.82. The molecule has 1 atom stereocenters. The van der Waals surface area contributed by atoms with Gasteiger partial charge < -0.3 is 9.47 Å². The molecule has 0 fully saturated rings. The summed E-state index contributed by atoms with van der Waals surface area (Å²) in [5, 5.41) is 1.20. The predicted octanol–water partition coefficient (Wildman–Crippen LogP) is 0.285. The molecule has 0 heterocycles. The Labute approximate surface area is 95.9 Å². The van der Waals surface area contributed by atoms with Crippen molar-refractivity contribution in [1.29, 1.82) is 0 Å². The van der Waals surface area contributed by atoms with Gasteiger partial charge in [-0.15, -0.1) is 0 Å². The zero-order valence-electron chi connectivity index (χ0n) is 10.3. The second-order valence-corrected chi connectivity index (χ2v) is 3.47. The second kappa shape index (κ2) is 7.19. The van der Waals surface area contributed by atoms with Crippen LogP contribution in [0.3, 0.4) is 0 Å². The summed E-state index contributed by atoms with van der Waals surface area (Å²) < 4.78 is 10.2. The number of nitrogens with zero attached hydrogens (tertiary/aromatic N) is 1. The summed E-state index contributed by atoms with van der Waals surface area (Å²) in [4.78, 5) is 21.8. The van der Waals surface area contributed by atoms with Gasteiger partial charge in [0, 0.05) is 13.7 Å². The molecule has 0 spiro atoms.